The molecule has 5 heteroatoms. The van der Waals surface area contributed by atoms with Crippen LogP contribution in [-0.2, 0) is 11.3 Å². The highest BCUT2D eigenvalue weighted by molar-refractivity contribution is 7.99. The van der Waals surface area contributed by atoms with Crippen LogP contribution < -0.4 is 5.32 Å². The number of nitrogens with one attached hydrogen (secondary N) is 1. The Kier molecular flexibility index (Phi) is 4.22. The number of aryl methyl sites for hydroxylation is 1. The number of benzene rings is 1. The molecule has 1 unspecified atom stereocenters. The first-order chi connectivity index (χ1) is 10.2. The SMILES string of the molecule is O=C(CCn1ccc2ccccc21)NCC1(O)CCSC1. The summed E-state index contributed by atoms with van der Waals surface area (Å²) in [6.45, 7) is 1.03. The van der Waals surface area contributed by atoms with E-state index >= 15 is 0 Å². The van der Waals surface area contributed by atoms with Crippen molar-refractivity contribution in [2.45, 2.75) is 25.0 Å². The van der Waals surface area contributed by atoms with Crippen LogP contribution >= 0.6 is 11.8 Å². The predicted octanol–water partition coefficient (Wildman–Crippen LogP) is 2.02. The summed E-state index contributed by atoms with van der Waals surface area (Å²) in [4.78, 5) is 11.9. The minimum Gasteiger partial charge on any atom is -0.387 e. The molecular formula is C16H20N2O2S. The van der Waals surface area contributed by atoms with E-state index in [1.54, 1.807) is 11.8 Å². The first-order valence-electron chi connectivity index (χ1n) is 7.27. The largest absolute Gasteiger partial charge is 0.387 e. The summed E-state index contributed by atoms with van der Waals surface area (Å²) < 4.78 is 2.09. The van der Waals surface area contributed by atoms with E-state index in [9.17, 15) is 9.90 Å². The zero-order valence-corrected chi connectivity index (χ0v) is 12.7. The van der Waals surface area contributed by atoms with Gasteiger partial charge in [-0.15, -0.1) is 0 Å². The second kappa shape index (κ2) is 6.12. The van der Waals surface area contributed by atoms with Crippen LogP contribution in [-0.4, -0.2) is 39.2 Å². The van der Waals surface area contributed by atoms with Crippen LogP contribution in [0, 0.1) is 0 Å². The molecule has 0 radical (unpaired) electrons. The first kappa shape index (κ1) is 14.5. The third-order valence-electron chi connectivity index (χ3n) is 3.96. The molecule has 0 bridgehead atoms. The number of carbonyl (C=O) groups excluding carboxylic acids is 1. The number of aliphatic hydroxyl groups is 1. The highest BCUT2D eigenvalue weighted by atomic mass is 32.2. The first-order valence-corrected chi connectivity index (χ1v) is 8.42. The fraction of sp³-hybridized carbons (Fsp3) is 0.438. The van der Waals surface area contributed by atoms with E-state index in [4.69, 9.17) is 0 Å². The Balaban J connectivity index is 1.51. The predicted molar refractivity (Wildman–Crippen MR) is 86.5 cm³/mol. The van der Waals surface area contributed by atoms with Crippen molar-refractivity contribution in [2.24, 2.45) is 0 Å². The molecule has 0 aliphatic carbocycles. The lowest BCUT2D eigenvalue weighted by molar-refractivity contribution is -0.122. The quantitative estimate of drug-likeness (QED) is 0.888. The summed E-state index contributed by atoms with van der Waals surface area (Å²) in [6, 6.07) is 10.2. The second-order valence-corrected chi connectivity index (χ2v) is 6.73. The number of fused-ring (bicyclic) bond motifs is 1. The Morgan fingerprint density at radius 3 is 3.05 bits per heavy atom. The van der Waals surface area contributed by atoms with Crippen molar-refractivity contribution < 1.29 is 9.90 Å². The van der Waals surface area contributed by atoms with Gasteiger partial charge in [0.2, 0.25) is 5.91 Å². The maximum absolute atomic E-state index is 11.9. The van der Waals surface area contributed by atoms with E-state index in [0.717, 1.165) is 23.4 Å². The van der Waals surface area contributed by atoms with Crippen LogP contribution in [0.3, 0.4) is 0 Å². The Hall–Kier alpha value is -1.46. The molecule has 1 aliphatic rings. The number of hydrogen-bond acceptors (Lipinski definition) is 3. The van der Waals surface area contributed by atoms with Crippen LogP contribution in [0.1, 0.15) is 12.8 Å². The van der Waals surface area contributed by atoms with Gasteiger partial charge in [0.05, 0.1) is 5.60 Å². The lowest BCUT2D eigenvalue weighted by Crippen LogP contribution is -2.43. The molecule has 1 amide bonds. The van der Waals surface area contributed by atoms with Gasteiger partial charge < -0.3 is 15.0 Å². The molecule has 0 saturated carbocycles. The van der Waals surface area contributed by atoms with Crippen LogP contribution in [0.25, 0.3) is 10.9 Å². The molecule has 0 spiro atoms. The molecule has 2 N–H and O–H groups in total. The minimum atomic E-state index is -0.708. The summed E-state index contributed by atoms with van der Waals surface area (Å²) >= 11 is 1.74. The van der Waals surface area contributed by atoms with E-state index in [1.807, 2.05) is 18.3 Å². The zero-order chi connectivity index (χ0) is 14.7. The Labute approximate surface area is 128 Å². The number of aromatic nitrogens is 1. The van der Waals surface area contributed by atoms with Crippen LogP contribution in [0.5, 0.6) is 0 Å². The third-order valence-corrected chi connectivity index (χ3v) is 5.19. The van der Waals surface area contributed by atoms with Gasteiger partial charge in [0, 0.05) is 37.0 Å². The van der Waals surface area contributed by atoms with Gasteiger partial charge in [0.1, 0.15) is 0 Å². The molecule has 3 rings (SSSR count). The van der Waals surface area contributed by atoms with E-state index in [1.165, 1.54) is 5.39 Å². The average molecular weight is 304 g/mol. The van der Waals surface area contributed by atoms with Crippen LogP contribution in [0.4, 0.5) is 0 Å². The smallest absolute Gasteiger partial charge is 0.221 e. The zero-order valence-electron chi connectivity index (χ0n) is 11.9. The van der Waals surface area contributed by atoms with Gasteiger partial charge in [-0.1, -0.05) is 18.2 Å². The molecule has 1 aliphatic heterocycles. The monoisotopic (exact) mass is 304 g/mol. The molecule has 1 atom stereocenters. The van der Waals surface area contributed by atoms with Crippen molar-refractivity contribution in [3.63, 3.8) is 0 Å². The van der Waals surface area contributed by atoms with Crippen molar-refractivity contribution in [2.75, 3.05) is 18.1 Å². The molecule has 1 aromatic heterocycles. The highest BCUT2D eigenvalue weighted by Gasteiger charge is 2.31. The van der Waals surface area contributed by atoms with Gasteiger partial charge >= 0.3 is 0 Å². The minimum absolute atomic E-state index is 0.00175. The Morgan fingerprint density at radius 1 is 1.38 bits per heavy atom. The van der Waals surface area contributed by atoms with Gasteiger partial charge in [-0.05, 0) is 29.7 Å². The van der Waals surface area contributed by atoms with Crippen molar-refractivity contribution in [3.8, 4) is 0 Å². The topological polar surface area (TPSA) is 54.3 Å². The summed E-state index contributed by atoms with van der Waals surface area (Å²) in [5, 5.41) is 14.2. The number of rotatable bonds is 5. The number of para-hydroxylation sites is 1. The van der Waals surface area contributed by atoms with Gasteiger partial charge in [0.15, 0.2) is 0 Å². The molecule has 112 valence electrons. The number of carbonyl (C=O) groups is 1. The molecule has 1 aromatic carbocycles. The normalized spacial score (nSPS) is 21.8. The summed E-state index contributed by atoms with van der Waals surface area (Å²) in [5.41, 5.74) is 0.441. The maximum Gasteiger partial charge on any atom is 0.221 e. The number of hydrogen-bond donors (Lipinski definition) is 2. The van der Waals surface area contributed by atoms with E-state index < -0.39 is 5.60 Å². The van der Waals surface area contributed by atoms with Gasteiger partial charge in [-0.2, -0.15) is 11.8 Å². The molecule has 4 nitrogen and oxygen atoms in total. The molecule has 21 heavy (non-hydrogen) atoms. The lowest BCUT2D eigenvalue weighted by atomic mass is 10.0. The van der Waals surface area contributed by atoms with E-state index in [2.05, 4.69) is 28.1 Å². The van der Waals surface area contributed by atoms with Gasteiger partial charge in [-0.3, -0.25) is 4.79 Å². The highest BCUT2D eigenvalue weighted by Crippen LogP contribution is 2.26. The number of amides is 1. The van der Waals surface area contributed by atoms with Crippen molar-refractivity contribution in [3.05, 3.63) is 36.5 Å². The van der Waals surface area contributed by atoms with Gasteiger partial charge in [0.25, 0.3) is 0 Å². The fourth-order valence-electron chi connectivity index (χ4n) is 2.64. The van der Waals surface area contributed by atoms with Crippen molar-refractivity contribution in [1.29, 1.82) is 0 Å². The number of thioether (sulfide) groups is 1. The molecule has 1 saturated heterocycles. The summed E-state index contributed by atoms with van der Waals surface area (Å²) in [7, 11) is 0. The van der Waals surface area contributed by atoms with Gasteiger partial charge in [-0.25, -0.2) is 0 Å². The Morgan fingerprint density at radius 2 is 2.24 bits per heavy atom. The molecular weight excluding hydrogens is 284 g/mol. The average Bonchev–Trinajstić information content (AvgIpc) is 3.10. The summed E-state index contributed by atoms with van der Waals surface area (Å²) in [6.07, 6.45) is 3.21. The molecule has 2 heterocycles. The second-order valence-electron chi connectivity index (χ2n) is 5.62. The van der Waals surface area contributed by atoms with Crippen molar-refractivity contribution in [1.82, 2.24) is 9.88 Å². The fourth-order valence-corrected chi connectivity index (χ4v) is 3.94. The maximum atomic E-state index is 11.9. The Bertz CT molecular complexity index is 632. The molecule has 1 fully saturated rings. The van der Waals surface area contributed by atoms with Crippen molar-refractivity contribution >= 4 is 28.6 Å². The van der Waals surface area contributed by atoms with Crippen LogP contribution in [0.15, 0.2) is 36.5 Å². The number of nitrogens with zero attached hydrogens (tertiary/aromatic N) is 1. The van der Waals surface area contributed by atoms with E-state index in [-0.39, 0.29) is 5.91 Å². The van der Waals surface area contributed by atoms with Crippen LogP contribution in [0.2, 0.25) is 0 Å². The lowest BCUT2D eigenvalue weighted by Gasteiger charge is -2.21. The third kappa shape index (κ3) is 3.41. The standard InChI is InChI=1S/C16H20N2O2S/c19-15(17-11-16(20)7-10-21-12-16)6-9-18-8-5-13-3-1-2-4-14(13)18/h1-5,8,20H,6-7,9-12H2,(H,17,19). The molecule has 2 aromatic rings. The van der Waals surface area contributed by atoms with E-state index in [0.29, 0.717) is 19.5 Å². The summed E-state index contributed by atoms with van der Waals surface area (Å²) in [5.74, 6) is 1.69.